The Morgan fingerprint density at radius 1 is 1.20 bits per heavy atom. The summed E-state index contributed by atoms with van der Waals surface area (Å²) in [6.45, 7) is 7.33. The molecule has 0 unspecified atom stereocenters. The van der Waals surface area contributed by atoms with Gasteiger partial charge < -0.3 is 0 Å². The SMILES string of the molecule is CC.CC(C)c1ccn(C(F)F)n1.Cc1cnn(C)c1. The van der Waals surface area contributed by atoms with Gasteiger partial charge in [0.25, 0.3) is 0 Å². The van der Waals surface area contributed by atoms with E-state index in [0.29, 0.717) is 10.4 Å². The molecule has 0 saturated carbocycles. The first kappa shape index (κ1) is 18.3. The summed E-state index contributed by atoms with van der Waals surface area (Å²) in [6.07, 6.45) is 5.10. The number of rotatable bonds is 2. The number of hydrogen-bond acceptors (Lipinski definition) is 2. The molecule has 0 atom stereocenters. The zero-order valence-electron chi connectivity index (χ0n) is 13.0. The van der Waals surface area contributed by atoms with Crippen LogP contribution in [0.5, 0.6) is 0 Å². The van der Waals surface area contributed by atoms with E-state index in [0.717, 1.165) is 0 Å². The van der Waals surface area contributed by atoms with E-state index in [9.17, 15) is 8.78 Å². The van der Waals surface area contributed by atoms with Gasteiger partial charge in [-0.25, -0.2) is 4.68 Å². The largest absolute Gasteiger partial charge is 0.333 e. The number of hydrogen-bond donors (Lipinski definition) is 0. The van der Waals surface area contributed by atoms with Gasteiger partial charge in [0.1, 0.15) is 0 Å². The predicted octanol–water partition coefficient (Wildman–Crippen LogP) is 4.16. The van der Waals surface area contributed by atoms with Crippen molar-refractivity contribution in [2.45, 2.75) is 47.1 Å². The summed E-state index contributed by atoms with van der Waals surface area (Å²) in [5.41, 5.74) is 1.91. The second-order valence-electron chi connectivity index (χ2n) is 4.34. The lowest BCUT2D eigenvalue weighted by molar-refractivity contribution is 0.0561. The molecule has 0 aliphatic carbocycles. The Kier molecular flexibility index (Phi) is 8.43. The average Bonchev–Trinajstić information content (AvgIpc) is 3.01. The summed E-state index contributed by atoms with van der Waals surface area (Å²) < 4.78 is 26.3. The minimum absolute atomic E-state index is 0.204. The maximum atomic E-state index is 11.9. The van der Waals surface area contributed by atoms with E-state index in [4.69, 9.17) is 0 Å². The maximum absolute atomic E-state index is 11.9. The van der Waals surface area contributed by atoms with Crippen molar-refractivity contribution in [1.82, 2.24) is 19.6 Å². The van der Waals surface area contributed by atoms with Crippen LogP contribution in [0.4, 0.5) is 8.78 Å². The van der Waals surface area contributed by atoms with Crippen LogP contribution in [0.2, 0.25) is 0 Å². The summed E-state index contributed by atoms with van der Waals surface area (Å²) in [7, 11) is 1.91. The highest BCUT2D eigenvalue weighted by molar-refractivity contribution is 5.03. The number of nitrogens with zero attached hydrogens (tertiary/aromatic N) is 4. The quantitative estimate of drug-likeness (QED) is 0.831. The Hall–Kier alpha value is -1.72. The van der Waals surface area contributed by atoms with Crippen molar-refractivity contribution >= 4 is 0 Å². The summed E-state index contributed by atoms with van der Waals surface area (Å²) in [4.78, 5) is 0. The molecule has 2 heterocycles. The molecule has 0 bridgehead atoms. The van der Waals surface area contributed by atoms with Crippen LogP contribution in [0.25, 0.3) is 0 Å². The van der Waals surface area contributed by atoms with Gasteiger partial charge in [-0.15, -0.1) is 0 Å². The Morgan fingerprint density at radius 2 is 1.80 bits per heavy atom. The van der Waals surface area contributed by atoms with Crippen LogP contribution in [0.15, 0.2) is 24.7 Å². The van der Waals surface area contributed by atoms with Gasteiger partial charge in [-0.2, -0.15) is 19.0 Å². The Balaban J connectivity index is 0.000000345. The fraction of sp³-hybridized carbons (Fsp3) is 0.571. The number of halogens is 2. The third-order valence-corrected chi connectivity index (χ3v) is 2.25. The highest BCUT2D eigenvalue weighted by atomic mass is 19.3. The van der Waals surface area contributed by atoms with Gasteiger partial charge >= 0.3 is 6.55 Å². The highest BCUT2D eigenvalue weighted by Gasteiger charge is 2.08. The zero-order valence-corrected chi connectivity index (χ0v) is 13.0. The Bertz CT molecular complexity index is 436. The summed E-state index contributed by atoms with van der Waals surface area (Å²) in [5, 5.41) is 7.61. The lowest BCUT2D eigenvalue weighted by Crippen LogP contribution is -1.99. The molecule has 6 heteroatoms. The first-order valence-electron chi connectivity index (χ1n) is 6.68. The normalized spacial score (nSPS) is 9.90. The lowest BCUT2D eigenvalue weighted by atomic mass is 10.1. The van der Waals surface area contributed by atoms with Crippen molar-refractivity contribution in [1.29, 1.82) is 0 Å². The third-order valence-electron chi connectivity index (χ3n) is 2.25. The van der Waals surface area contributed by atoms with Crippen LogP contribution in [0.1, 0.15) is 51.4 Å². The molecule has 2 aromatic heterocycles. The van der Waals surface area contributed by atoms with E-state index >= 15 is 0 Å². The maximum Gasteiger partial charge on any atom is 0.333 e. The lowest BCUT2D eigenvalue weighted by Gasteiger charge is -1.99. The molecule has 20 heavy (non-hydrogen) atoms. The summed E-state index contributed by atoms with van der Waals surface area (Å²) in [5.74, 6) is 0.204. The van der Waals surface area contributed by atoms with Crippen LogP contribution >= 0.6 is 0 Å². The van der Waals surface area contributed by atoms with E-state index in [1.165, 1.54) is 11.8 Å². The first-order chi connectivity index (χ1) is 9.40. The second kappa shape index (κ2) is 9.23. The summed E-state index contributed by atoms with van der Waals surface area (Å²) in [6, 6.07) is 1.61. The molecule has 0 aromatic carbocycles. The second-order valence-corrected chi connectivity index (χ2v) is 4.34. The topological polar surface area (TPSA) is 35.6 Å². The van der Waals surface area contributed by atoms with Crippen molar-refractivity contribution in [3.63, 3.8) is 0 Å². The molecule has 0 fully saturated rings. The predicted molar refractivity (Wildman–Crippen MR) is 76.9 cm³/mol. The minimum Gasteiger partial charge on any atom is -0.276 e. The van der Waals surface area contributed by atoms with Gasteiger partial charge in [-0.3, -0.25) is 4.68 Å². The van der Waals surface area contributed by atoms with Gasteiger partial charge in [0.2, 0.25) is 0 Å². The Labute approximate surface area is 119 Å². The van der Waals surface area contributed by atoms with E-state index in [1.807, 2.05) is 54.1 Å². The zero-order chi connectivity index (χ0) is 15.7. The average molecular weight is 286 g/mol. The molecule has 0 radical (unpaired) electrons. The molecule has 0 aliphatic heterocycles. The molecule has 0 aliphatic rings. The molecular formula is C14H24F2N4. The van der Waals surface area contributed by atoms with Gasteiger partial charge in [-0.1, -0.05) is 27.7 Å². The first-order valence-corrected chi connectivity index (χ1v) is 6.68. The summed E-state index contributed by atoms with van der Waals surface area (Å²) >= 11 is 0. The number of aryl methyl sites for hydroxylation is 2. The van der Waals surface area contributed by atoms with Crippen molar-refractivity contribution in [3.05, 3.63) is 35.9 Å². The molecule has 0 N–H and O–H groups in total. The van der Waals surface area contributed by atoms with Crippen molar-refractivity contribution < 1.29 is 8.78 Å². The standard InChI is InChI=1S/C7H10F2N2.C5H8N2.C2H6/c1-5(2)6-3-4-11(10-6)7(8)9;1-5-3-6-7(2)4-5;1-2/h3-5,7H,1-2H3;3-4H,1-2H3;1-2H3. The van der Waals surface area contributed by atoms with E-state index in [2.05, 4.69) is 10.2 Å². The number of alkyl halides is 2. The highest BCUT2D eigenvalue weighted by Crippen LogP contribution is 2.14. The van der Waals surface area contributed by atoms with E-state index < -0.39 is 6.55 Å². The van der Waals surface area contributed by atoms with Crippen LogP contribution in [0, 0.1) is 6.92 Å². The fourth-order valence-electron chi connectivity index (χ4n) is 1.31. The van der Waals surface area contributed by atoms with Gasteiger partial charge in [0.15, 0.2) is 0 Å². The van der Waals surface area contributed by atoms with Gasteiger partial charge in [0, 0.05) is 19.4 Å². The molecule has 4 nitrogen and oxygen atoms in total. The molecule has 0 spiro atoms. The molecular weight excluding hydrogens is 262 g/mol. The van der Waals surface area contributed by atoms with Gasteiger partial charge in [0.05, 0.1) is 11.9 Å². The van der Waals surface area contributed by atoms with Crippen LogP contribution in [-0.2, 0) is 7.05 Å². The molecule has 2 rings (SSSR count). The monoisotopic (exact) mass is 286 g/mol. The van der Waals surface area contributed by atoms with E-state index in [1.54, 1.807) is 10.7 Å². The third kappa shape index (κ3) is 6.45. The van der Waals surface area contributed by atoms with E-state index in [-0.39, 0.29) is 5.92 Å². The van der Waals surface area contributed by atoms with Crippen molar-refractivity contribution in [2.24, 2.45) is 7.05 Å². The van der Waals surface area contributed by atoms with Crippen molar-refractivity contribution in [2.75, 3.05) is 0 Å². The van der Waals surface area contributed by atoms with Crippen LogP contribution in [0.3, 0.4) is 0 Å². The molecule has 0 amide bonds. The Morgan fingerprint density at radius 3 is 2.00 bits per heavy atom. The smallest absolute Gasteiger partial charge is 0.276 e. The van der Waals surface area contributed by atoms with Crippen LogP contribution in [-0.4, -0.2) is 19.6 Å². The van der Waals surface area contributed by atoms with Gasteiger partial charge in [-0.05, 0) is 24.5 Å². The fourth-order valence-corrected chi connectivity index (χ4v) is 1.31. The van der Waals surface area contributed by atoms with Crippen molar-refractivity contribution in [3.8, 4) is 0 Å². The molecule has 2 aromatic rings. The minimum atomic E-state index is -2.53. The number of aromatic nitrogens is 4. The molecule has 114 valence electrons. The molecule has 0 saturated heterocycles. The van der Waals surface area contributed by atoms with Crippen LogP contribution < -0.4 is 0 Å².